The van der Waals surface area contributed by atoms with Crippen LogP contribution in [0.5, 0.6) is 0 Å². The van der Waals surface area contributed by atoms with Gasteiger partial charge in [0.05, 0.1) is 15.7 Å². The van der Waals surface area contributed by atoms with E-state index in [1.165, 1.54) is 33.8 Å². The fourth-order valence-electron chi connectivity index (χ4n) is 3.11. The Hall–Kier alpha value is -1.71. The van der Waals surface area contributed by atoms with Gasteiger partial charge in [-0.25, -0.2) is 17.8 Å². The molecule has 0 amide bonds. The summed E-state index contributed by atoms with van der Waals surface area (Å²) in [5.74, 6) is -0.489. The summed E-state index contributed by atoms with van der Waals surface area (Å²) in [4.78, 5) is 6.73. The minimum absolute atomic E-state index is 0.0695. The molecule has 1 aliphatic rings. The van der Waals surface area contributed by atoms with Crippen LogP contribution >= 0.6 is 34.5 Å². The van der Waals surface area contributed by atoms with Crippen LogP contribution in [0.15, 0.2) is 52.7 Å². The van der Waals surface area contributed by atoms with E-state index in [-0.39, 0.29) is 14.9 Å². The topological polar surface area (TPSA) is 53.5 Å². The second kappa shape index (κ2) is 8.20. The number of nitrogens with zero attached hydrogens (tertiary/aromatic N) is 3. The van der Waals surface area contributed by atoms with Crippen LogP contribution in [-0.2, 0) is 10.0 Å². The van der Waals surface area contributed by atoms with E-state index >= 15 is 0 Å². The molecule has 0 radical (unpaired) electrons. The summed E-state index contributed by atoms with van der Waals surface area (Å²) in [5.41, 5.74) is 1.31. The summed E-state index contributed by atoms with van der Waals surface area (Å²) in [6.45, 7) is 1.67. The third kappa shape index (κ3) is 4.13. The van der Waals surface area contributed by atoms with Crippen molar-refractivity contribution in [1.82, 2.24) is 9.29 Å². The number of hydrogen-bond acceptors (Lipinski definition) is 5. The molecule has 29 heavy (non-hydrogen) atoms. The molecule has 152 valence electrons. The zero-order valence-electron chi connectivity index (χ0n) is 15.1. The van der Waals surface area contributed by atoms with Gasteiger partial charge in [-0.15, -0.1) is 11.3 Å². The summed E-state index contributed by atoms with van der Waals surface area (Å²) < 4.78 is 40.9. The Labute approximate surface area is 182 Å². The standard InChI is InChI=1S/C19H16Cl2FN3O2S2/c20-14-6-5-13(11-16(14)22)17-12-28-19(23-17)24-7-9-25(10-8-24)29(26,27)18-4-2-1-3-15(18)21/h1-6,11-12H,7-10H2. The van der Waals surface area contributed by atoms with Gasteiger partial charge in [-0.2, -0.15) is 4.31 Å². The van der Waals surface area contributed by atoms with Crippen LogP contribution in [0.25, 0.3) is 11.3 Å². The maximum absolute atomic E-state index is 13.7. The van der Waals surface area contributed by atoms with Gasteiger partial charge in [0, 0.05) is 37.1 Å². The Bertz CT molecular complexity index is 1150. The number of halogens is 3. The van der Waals surface area contributed by atoms with Crippen molar-refractivity contribution in [2.45, 2.75) is 4.90 Å². The number of anilines is 1. The predicted molar refractivity (Wildman–Crippen MR) is 115 cm³/mol. The van der Waals surface area contributed by atoms with Crippen molar-refractivity contribution >= 4 is 49.7 Å². The van der Waals surface area contributed by atoms with Crippen molar-refractivity contribution in [3.8, 4) is 11.3 Å². The molecule has 0 unspecified atom stereocenters. The van der Waals surface area contributed by atoms with E-state index in [9.17, 15) is 12.8 Å². The maximum Gasteiger partial charge on any atom is 0.244 e. The van der Waals surface area contributed by atoms with Gasteiger partial charge in [0.15, 0.2) is 5.13 Å². The van der Waals surface area contributed by atoms with Crippen LogP contribution < -0.4 is 4.90 Å². The monoisotopic (exact) mass is 471 g/mol. The lowest BCUT2D eigenvalue weighted by atomic mass is 10.2. The highest BCUT2D eigenvalue weighted by atomic mass is 35.5. The summed E-state index contributed by atoms with van der Waals surface area (Å²) in [7, 11) is -3.64. The molecular formula is C19H16Cl2FN3O2S2. The first-order valence-electron chi connectivity index (χ1n) is 8.77. The van der Waals surface area contributed by atoms with Gasteiger partial charge >= 0.3 is 0 Å². The van der Waals surface area contributed by atoms with Gasteiger partial charge in [-0.05, 0) is 24.3 Å². The highest BCUT2D eigenvalue weighted by Gasteiger charge is 2.30. The average Bonchev–Trinajstić information content (AvgIpc) is 3.20. The Balaban J connectivity index is 1.47. The molecule has 0 spiro atoms. The fraction of sp³-hybridized carbons (Fsp3) is 0.211. The van der Waals surface area contributed by atoms with Crippen LogP contribution in [-0.4, -0.2) is 43.9 Å². The quantitative estimate of drug-likeness (QED) is 0.549. The zero-order valence-corrected chi connectivity index (χ0v) is 18.2. The van der Waals surface area contributed by atoms with E-state index < -0.39 is 15.8 Å². The van der Waals surface area contributed by atoms with E-state index in [1.54, 1.807) is 24.3 Å². The van der Waals surface area contributed by atoms with Crippen molar-refractivity contribution in [2.24, 2.45) is 0 Å². The minimum atomic E-state index is -3.64. The second-order valence-electron chi connectivity index (χ2n) is 6.47. The van der Waals surface area contributed by atoms with E-state index in [1.807, 2.05) is 10.3 Å². The lowest BCUT2D eigenvalue weighted by molar-refractivity contribution is 0.385. The van der Waals surface area contributed by atoms with Crippen LogP contribution in [0.2, 0.25) is 10.0 Å². The molecular weight excluding hydrogens is 456 g/mol. The van der Waals surface area contributed by atoms with Gasteiger partial charge in [0.2, 0.25) is 10.0 Å². The largest absolute Gasteiger partial charge is 0.345 e. The molecule has 0 N–H and O–H groups in total. The third-order valence-corrected chi connectivity index (χ3v) is 8.28. The van der Waals surface area contributed by atoms with Gasteiger partial charge < -0.3 is 4.90 Å². The molecule has 1 aliphatic heterocycles. The first kappa shape index (κ1) is 20.6. The Morgan fingerprint density at radius 2 is 1.72 bits per heavy atom. The molecule has 0 saturated carbocycles. The van der Waals surface area contributed by atoms with Crippen molar-refractivity contribution in [3.63, 3.8) is 0 Å². The summed E-state index contributed by atoms with van der Waals surface area (Å²) in [5, 5.41) is 2.91. The molecule has 2 aromatic carbocycles. The zero-order chi connectivity index (χ0) is 20.6. The Morgan fingerprint density at radius 1 is 1.00 bits per heavy atom. The minimum Gasteiger partial charge on any atom is -0.345 e. The van der Waals surface area contributed by atoms with Crippen LogP contribution in [0, 0.1) is 5.82 Å². The Kier molecular flexibility index (Phi) is 5.81. The van der Waals surface area contributed by atoms with Crippen molar-refractivity contribution in [2.75, 3.05) is 31.1 Å². The van der Waals surface area contributed by atoms with Crippen molar-refractivity contribution < 1.29 is 12.8 Å². The first-order chi connectivity index (χ1) is 13.9. The highest BCUT2D eigenvalue weighted by molar-refractivity contribution is 7.89. The second-order valence-corrected chi connectivity index (χ2v) is 10.0. The molecule has 10 heteroatoms. The molecule has 0 aliphatic carbocycles. The number of thiazole rings is 1. The number of sulfonamides is 1. The van der Waals surface area contributed by atoms with Gasteiger partial charge in [0.1, 0.15) is 10.7 Å². The predicted octanol–water partition coefficient (Wildman–Crippen LogP) is 4.77. The molecule has 2 heterocycles. The van der Waals surface area contributed by atoms with Gasteiger partial charge in [-0.1, -0.05) is 41.4 Å². The van der Waals surface area contributed by atoms with Gasteiger partial charge in [0.25, 0.3) is 0 Å². The van der Waals surface area contributed by atoms with Crippen molar-refractivity contribution in [1.29, 1.82) is 0 Å². The normalized spacial score (nSPS) is 15.6. The van der Waals surface area contributed by atoms with Crippen molar-refractivity contribution in [3.05, 3.63) is 63.7 Å². The van der Waals surface area contributed by atoms with E-state index in [0.29, 0.717) is 37.4 Å². The number of hydrogen-bond donors (Lipinski definition) is 0. The number of piperazine rings is 1. The van der Waals surface area contributed by atoms with E-state index in [2.05, 4.69) is 4.98 Å². The molecule has 3 aromatic rings. The lowest BCUT2D eigenvalue weighted by Crippen LogP contribution is -2.48. The van der Waals surface area contributed by atoms with Gasteiger partial charge in [-0.3, -0.25) is 0 Å². The fourth-order valence-corrected chi connectivity index (χ4v) is 6.03. The summed E-state index contributed by atoms with van der Waals surface area (Å²) in [6, 6.07) is 11.0. The van der Waals surface area contributed by atoms with Crippen LogP contribution in [0.4, 0.5) is 9.52 Å². The number of rotatable bonds is 4. The van der Waals surface area contributed by atoms with Crippen LogP contribution in [0.3, 0.4) is 0 Å². The molecule has 0 atom stereocenters. The molecule has 1 saturated heterocycles. The number of aromatic nitrogens is 1. The average molecular weight is 472 g/mol. The highest BCUT2D eigenvalue weighted by Crippen LogP contribution is 2.31. The Morgan fingerprint density at radius 3 is 2.41 bits per heavy atom. The maximum atomic E-state index is 13.7. The van der Waals surface area contributed by atoms with Crippen LogP contribution in [0.1, 0.15) is 0 Å². The lowest BCUT2D eigenvalue weighted by Gasteiger charge is -2.33. The van der Waals surface area contributed by atoms with E-state index in [4.69, 9.17) is 23.2 Å². The SMILES string of the molecule is O=S(=O)(c1ccccc1Cl)N1CCN(c2nc(-c3ccc(Cl)c(F)c3)cs2)CC1. The summed E-state index contributed by atoms with van der Waals surface area (Å²) >= 11 is 13.3. The van der Waals surface area contributed by atoms with E-state index in [0.717, 1.165) is 5.13 Å². The molecule has 5 nitrogen and oxygen atoms in total. The molecule has 1 fully saturated rings. The smallest absolute Gasteiger partial charge is 0.244 e. The molecule has 4 rings (SSSR count). The molecule has 1 aromatic heterocycles. The molecule has 0 bridgehead atoms. The number of benzene rings is 2. The third-order valence-electron chi connectivity index (χ3n) is 4.67. The first-order valence-corrected chi connectivity index (χ1v) is 11.8. The summed E-state index contributed by atoms with van der Waals surface area (Å²) in [6.07, 6.45) is 0.